The molecule has 2 aliphatic rings. The molecule has 0 amide bonds. The topological polar surface area (TPSA) is 76.3 Å². The predicted molar refractivity (Wildman–Crippen MR) is 89.1 cm³/mol. The van der Waals surface area contributed by atoms with Crippen molar-refractivity contribution in [3.63, 3.8) is 0 Å². The zero-order chi connectivity index (χ0) is 15.2. The first kappa shape index (κ1) is 15.1. The number of rotatable bonds is 5. The summed E-state index contributed by atoms with van der Waals surface area (Å²) in [4.78, 5) is 10.8. The van der Waals surface area contributed by atoms with Gasteiger partial charge in [-0.1, -0.05) is 11.6 Å². The van der Waals surface area contributed by atoms with Gasteiger partial charge in [-0.15, -0.1) is 0 Å². The smallest absolute Gasteiger partial charge is 0.157 e. The third-order valence-electron chi connectivity index (χ3n) is 4.30. The largest absolute Gasteiger partial charge is 0.393 e. The molecule has 6 nitrogen and oxygen atoms in total. The van der Waals surface area contributed by atoms with Crippen molar-refractivity contribution in [1.29, 1.82) is 0 Å². The lowest BCUT2D eigenvalue weighted by Gasteiger charge is -2.29. The number of hydrogen-bond donors (Lipinski definition) is 2. The summed E-state index contributed by atoms with van der Waals surface area (Å²) in [7, 11) is 0. The number of nitrogens with two attached hydrogens (primary N) is 1. The fraction of sp³-hybridized carbons (Fsp3) is 0.625. The summed E-state index contributed by atoms with van der Waals surface area (Å²) in [5.74, 6) is 1.56. The second kappa shape index (κ2) is 7.45. The minimum atomic E-state index is 0.641. The Morgan fingerprint density at radius 2 is 2.09 bits per heavy atom. The Morgan fingerprint density at radius 3 is 2.86 bits per heavy atom. The zero-order valence-electron chi connectivity index (χ0n) is 13.1. The van der Waals surface area contributed by atoms with Gasteiger partial charge in [-0.2, -0.15) is 0 Å². The average molecular weight is 303 g/mol. The van der Waals surface area contributed by atoms with Crippen LogP contribution in [-0.2, 0) is 4.74 Å². The van der Waals surface area contributed by atoms with E-state index in [2.05, 4.69) is 26.3 Å². The second-order valence-corrected chi connectivity index (χ2v) is 5.84. The lowest BCUT2D eigenvalue weighted by Crippen LogP contribution is -2.37. The van der Waals surface area contributed by atoms with Gasteiger partial charge >= 0.3 is 0 Å². The number of aromatic nitrogens is 2. The van der Waals surface area contributed by atoms with Crippen molar-refractivity contribution >= 4 is 17.3 Å². The van der Waals surface area contributed by atoms with E-state index < -0.39 is 0 Å². The molecule has 3 N–H and O–H groups in total. The van der Waals surface area contributed by atoms with Crippen LogP contribution < -0.4 is 16.0 Å². The summed E-state index contributed by atoms with van der Waals surface area (Å²) in [6.45, 7) is 3.97. The van der Waals surface area contributed by atoms with Gasteiger partial charge in [0, 0.05) is 19.6 Å². The van der Waals surface area contributed by atoms with Crippen molar-refractivity contribution in [3.05, 3.63) is 18.0 Å². The monoisotopic (exact) mass is 303 g/mol. The molecule has 0 spiro atoms. The van der Waals surface area contributed by atoms with E-state index in [1.807, 2.05) is 0 Å². The highest BCUT2D eigenvalue weighted by molar-refractivity contribution is 5.74. The molecular formula is C16H25N5O. The summed E-state index contributed by atoms with van der Waals surface area (Å²) in [6.07, 6.45) is 10.2. The second-order valence-electron chi connectivity index (χ2n) is 5.84. The van der Waals surface area contributed by atoms with Gasteiger partial charge in [-0.25, -0.2) is 9.97 Å². The number of hydrogen-bond acceptors (Lipinski definition) is 6. The van der Waals surface area contributed by atoms with E-state index >= 15 is 0 Å². The van der Waals surface area contributed by atoms with E-state index in [1.165, 1.54) is 25.7 Å². The van der Waals surface area contributed by atoms with E-state index in [0.717, 1.165) is 50.9 Å². The Balaban J connectivity index is 1.60. The third kappa shape index (κ3) is 3.68. The average Bonchev–Trinajstić information content (AvgIpc) is 2.58. The highest BCUT2D eigenvalue weighted by Gasteiger charge is 2.17. The van der Waals surface area contributed by atoms with Crippen LogP contribution in [-0.4, -0.2) is 42.8 Å². The van der Waals surface area contributed by atoms with Gasteiger partial charge in [0.2, 0.25) is 0 Å². The minimum Gasteiger partial charge on any atom is -0.393 e. The molecule has 2 heterocycles. The van der Waals surface area contributed by atoms with E-state index in [-0.39, 0.29) is 0 Å². The summed E-state index contributed by atoms with van der Waals surface area (Å²) in [6, 6.07) is 0. The first-order chi connectivity index (χ1) is 10.8. The summed E-state index contributed by atoms with van der Waals surface area (Å²) >= 11 is 0. The predicted octanol–water partition coefficient (Wildman–Crippen LogP) is 2.20. The van der Waals surface area contributed by atoms with E-state index in [0.29, 0.717) is 5.69 Å². The maximum absolute atomic E-state index is 6.25. The quantitative estimate of drug-likeness (QED) is 0.812. The highest BCUT2D eigenvalue weighted by Crippen LogP contribution is 2.27. The van der Waals surface area contributed by atoms with Crippen molar-refractivity contribution in [1.82, 2.24) is 9.97 Å². The minimum absolute atomic E-state index is 0.641. The molecule has 0 bridgehead atoms. The van der Waals surface area contributed by atoms with Crippen molar-refractivity contribution in [2.45, 2.75) is 32.1 Å². The number of morpholine rings is 1. The molecule has 22 heavy (non-hydrogen) atoms. The van der Waals surface area contributed by atoms with Crippen LogP contribution in [0.2, 0.25) is 0 Å². The van der Waals surface area contributed by atoms with Gasteiger partial charge in [0.25, 0.3) is 0 Å². The van der Waals surface area contributed by atoms with Crippen LogP contribution in [0.3, 0.4) is 0 Å². The third-order valence-corrected chi connectivity index (χ3v) is 4.30. The Kier molecular flexibility index (Phi) is 5.11. The molecule has 1 aromatic rings. The number of nitrogens with one attached hydrogen (secondary N) is 1. The summed E-state index contributed by atoms with van der Waals surface area (Å²) in [5.41, 5.74) is 8.44. The number of nitrogen functional groups attached to an aromatic ring is 1. The van der Waals surface area contributed by atoms with Crippen molar-refractivity contribution in [2.24, 2.45) is 0 Å². The number of anilines is 3. The van der Waals surface area contributed by atoms with Crippen LogP contribution in [0.25, 0.3) is 0 Å². The fourth-order valence-electron chi connectivity index (χ4n) is 3.03. The number of allylic oxidation sites excluding steroid dienone is 1. The molecular weight excluding hydrogens is 278 g/mol. The van der Waals surface area contributed by atoms with Crippen molar-refractivity contribution in [2.75, 3.05) is 48.8 Å². The van der Waals surface area contributed by atoms with Crippen molar-refractivity contribution in [3.8, 4) is 0 Å². The molecule has 0 aromatic carbocycles. The Hall–Kier alpha value is -1.82. The van der Waals surface area contributed by atoms with Crippen LogP contribution in [0, 0.1) is 0 Å². The van der Waals surface area contributed by atoms with Crippen LogP contribution in [0.4, 0.5) is 17.3 Å². The highest BCUT2D eigenvalue weighted by atomic mass is 16.5. The molecule has 0 radical (unpaired) electrons. The molecule has 1 aromatic heterocycles. The van der Waals surface area contributed by atoms with Gasteiger partial charge in [-0.3, -0.25) is 0 Å². The maximum Gasteiger partial charge on any atom is 0.157 e. The van der Waals surface area contributed by atoms with Crippen LogP contribution in [0.5, 0.6) is 0 Å². The Labute approximate surface area is 131 Å². The molecule has 1 aliphatic carbocycles. The molecule has 120 valence electrons. The number of nitrogens with zero attached hydrogens (tertiary/aromatic N) is 3. The van der Waals surface area contributed by atoms with Crippen molar-refractivity contribution < 1.29 is 4.74 Å². The van der Waals surface area contributed by atoms with E-state index in [9.17, 15) is 0 Å². The summed E-state index contributed by atoms with van der Waals surface area (Å²) < 4.78 is 5.38. The maximum atomic E-state index is 6.25. The van der Waals surface area contributed by atoms with E-state index in [1.54, 1.807) is 11.9 Å². The van der Waals surface area contributed by atoms with Gasteiger partial charge in [-0.05, 0) is 32.1 Å². The fourth-order valence-corrected chi connectivity index (χ4v) is 3.03. The van der Waals surface area contributed by atoms with E-state index in [4.69, 9.17) is 10.5 Å². The SMILES string of the molecule is Nc1c(NCCC2=CCCCC2)ncnc1N1CCOCC1. The van der Waals surface area contributed by atoms with Crippen LogP contribution in [0.15, 0.2) is 18.0 Å². The molecule has 1 fully saturated rings. The number of ether oxygens (including phenoxy) is 1. The molecule has 0 saturated carbocycles. The van der Waals surface area contributed by atoms with Crippen LogP contribution >= 0.6 is 0 Å². The van der Waals surface area contributed by atoms with Gasteiger partial charge in [0.15, 0.2) is 11.6 Å². The van der Waals surface area contributed by atoms with Gasteiger partial charge < -0.3 is 20.7 Å². The normalized spacial score (nSPS) is 18.9. The molecule has 3 rings (SSSR count). The van der Waals surface area contributed by atoms with Gasteiger partial charge in [0.05, 0.1) is 13.2 Å². The Bertz CT molecular complexity index is 525. The molecule has 6 heteroatoms. The summed E-state index contributed by atoms with van der Waals surface area (Å²) in [5, 5.41) is 3.36. The lowest BCUT2D eigenvalue weighted by atomic mass is 9.97. The standard InChI is InChI=1S/C16H25N5O/c17-14-15(18-7-6-13-4-2-1-3-5-13)19-12-20-16(14)21-8-10-22-11-9-21/h4,12H,1-3,5-11,17H2,(H,18,19,20). The molecule has 0 atom stereocenters. The first-order valence-corrected chi connectivity index (χ1v) is 8.19. The molecule has 1 saturated heterocycles. The van der Waals surface area contributed by atoms with Crippen LogP contribution in [0.1, 0.15) is 32.1 Å². The lowest BCUT2D eigenvalue weighted by molar-refractivity contribution is 0.122. The molecule has 0 unspecified atom stereocenters. The Morgan fingerprint density at radius 1 is 1.23 bits per heavy atom. The molecule has 1 aliphatic heterocycles. The van der Waals surface area contributed by atoms with Gasteiger partial charge in [0.1, 0.15) is 12.0 Å². The zero-order valence-corrected chi connectivity index (χ0v) is 13.1. The first-order valence-electron chi connectivity index (χ1n) is 8.19.